The van der Waals surface area contributed by atoms with E-state index in [1.165, 1.54) is 5.56 Å². The number of hydrogen-bond donors (Lipinski definition) is 1. The van der Waals surface area contributed by atoms with Crippen molar-refractivity contribution in [3.63, 3.8) is 0 Å². The van der Waals surface area contributed by atoms with Gasteiger partial charge in [0.25, 0.3) is 0 Å². The standard InChI is InChI=1S/C27H31N3O3S/c1-33-23-8-9-25-24(18-23)21(11-13-28-25)5-2-4-20-12-16-30(19-22(20)7-10-27(31)32)15-3-6-26-29-14-17-34-26/h8-9,11,13-14,17-18,20,22H,2,4-5,7,10,12,15-16,19H2,1H3,(H,31,32). The monoisotopic (exact) mass is 477 g/mol. The van der Waals surface area contributed by atoms with E-state index in [9.17, 15) is 9.90 Å². The summed E-state index contributed by atoms with van der Waals surface area (Å²) >= 11 is 1.55. The van der Waals surface area contributed by atoms with Crippen molar-refractivity contribution in [1.82, 2.24) is 14.9 Å². The molecule has 178 valence electrons. The van der Waals surface area contributed by atoms with Crippen molar-refractivity contribution >= 4 is 28.2 Å². The Labute approximate surface area is 205 Å². The zero-order valence-electron chi connectivity index (χ0n) is 19.6. The van der Waals surface area contributed by atoms with Crippen molar-refractivity contribution in [2.45, 2.75) is 38.5 Å². The lowest BCUT2D eigenvalue weighted by Crippen LogP contribution is -2.41. The summed E-state index contributed by atoms with van der Waals surface area (Å²) in [6.07, 6.45) is 8.87. The highest BCUT2D eigenvalue weighted by Gasteiger charge is 2.28. The number of aromatic nitrogens is 2. The molecule has 2 aromatic heterocycles. The van der Waals surface area contributed by atoms with Gasteiger partial charge in [0.1, 0.15) is 5.75 Å². The van der Waals surface area contributed by atoms with Crippen molar-refractivity contribution in [3.05, 3.63) is 52.6 Å². The molecule has 1 aromatic carbocycles. The van der Waals surface area contributed by atoms with E-state index in [0.717, 1.165) is 66.9 Å². The SMILES string of the molecule is COc1ccc2nccc(CCCC3CCN(CC#Cc4nccs4)CC3CCC(=O)O)c2c1. The first kappa shape index (κ1) is 24.2. The van der Waals surface area contributed by atoms with Crippen molar-refractivity contribution in [3.8, 4) is 17.6 Å². The van der Waals surface area contributed by atoms with Crippen LogP contribution in [0.3, 0.4) is 0 Å². The third-order valence-electron chi connectivity index (χ3n) is 6.69. The van der Waals surface area contributed by atoms with E-state index in [2.05, 4.69) is 38.8 Å². The summed E-state index contributed by atoms with van der Waals surface area (Å²) in [4.78, 5) is 22.3. The fourth-order valence-electron chi connectivity index (χ4n) is 4.91. The van der Waals surface area contributed by atoms with Crippen molar-refractivity contribution < 1.29 is 14.6 Å². The Hall–Kier alpha value is -2.95. The number of ether oxygens (including phenoxy) is 1. The fraction of sp³-hybridized carbons (Fsp3) is 0.444. The maximum atomic E-state index is 11.3. The lowest BCUT2D eigenvalue weighted by molar-refractivity contribution is -0.137. The summed E-state index contributed by atoms with van der Waals surface area (Å²) in [5.74, 6) is 7.44. The topological polar surface area (TPSA) is 75.5 Å². The number of thiazole rings is 1. The molecule has 4 rings (SSSR count). The van der Waals surface area contributed by atoms with Gasteiger partial charge in [-0.15, -0.1) is 11.3 Å². The molecule has 1 aliphatic rings. The summed E-state index contributed by atoms with van der Waals surface area (Å²) in [7, 11) is 1.69. The Morgan fingerprint density at radius 1 is 1.24 bits per heavy atom. The van der Waals surface area contributed by atoms with E-state index in [1.807, 2.05) is 23.7 Å². The molecule has 0 spiro atoms. The minimum absolute atomic E-state index is 0.231. The zero-order chi connectivity index (χ0) is 23.8. The van der Waals surface area contributed by atoms with Crippen LogP contribution in [0, 0.1) is 23.7 Å². The molecule has 1 N–H and O–H groups in total. The smallest absolute Gasteiger partial charge is 0.303 e. The number of methoxy groups -OCH3 is 1. The number of nitrogens with zero attached hydrogens (tertiary/aromatic N) is 3. The molecule has 6 nitrogen and oxygen atoms in total. The number of aryl methyl sites for hydroxylation is 1. The number of benzene rings is 1. The second-order valence-electron chi connectivity index (χ2n) is 8.86. The molecule has 3 aromatic rings. The number of aliphatic carboxylic acids is 1. The lowest BCUT2D eigenvalue weighted by atomic mass is 9.79. The van der Waals surface area contributed by atoms with Crippen molar-refractivity contribution in [2.24, 2.45) is 11.8 Å². The van der Waals surface area contributed by atoms with Gasteiger partial charge in [0.05, 0.1) is 19.2 Å². The fourth-order valence-corrected chi connectivity index (χ4v) is 5.41. The van der Waals surface area contributed by atoms with Crippen LogP contribution in [-0.4, -0.2) is 52.7 Å². The number of pyridine rings is 1. The van der Waals surface area contributed by atoms with Crippen LogP contribution in [0.15, 0.2) is 42.0 Å². The molecule has 7 heteroatoms. The zero-order valence-corrected chi connectivity index (χ0v) is 20.4. The van der Waals surface area contributed by atoms with Gasteiger partial charge in [0.2, 0.25) is 0 Å². The second kappa shape index (κ2) is 12.0. The number of rotatable bonds is 9. The quantitative estimate of drug-likeness (QED) is 0.443. The number of hydrogen-bond acceptors (Lipinski definition) is 6. The van der Waals surface area contributed by atoms with Gasteiger partial charge in [-0.2, -0.15) is 0 Å². The number of fused-ring (bicyclic) bond motifs is 1. The third kappa shape index (κ3) is 6.55. The first-order valence-electron chi connectivity index (χ1n) is 11.9. The summed E-state index contributed by atoms with van der Waals surface area (Å²) < 4.78 is 5.40. The summed E-state index contributed by atoms with van der Waals surface area (Å²) in [6.45, 7) is 2.64. The van der Waals surface area contributed by atoms with Crippen LogP contribution in [0.25, 0.3) is 10.9 Å². The van der Waals surface area contributed by atoms with Gasteiger partial charge in [-0.05, 0) is 86.2 Å². The Morgan fingerprint density at radius 3 is 2.94 bits per heavy atom. The van der Waals surface area contributed by atoms with Gasteiger partial charge in [0, 0.05) is 36.1 Å². The molecule has 2 unspecified atom stereocenters. The maximum Gasteiger partial charge on any atom is 0.303 e. The van der Waals surface area contributed by atoms with Crippen LogP contribution < -0.4 is 4.74 Å². The van der Waals surface area contributed by atoms with Gasteiger partial charge in [-0.3, -0.25) is 14.7 Å². The van der Waals surface area contributed by atoms with Gasteiger partial charge in [-0.25, -0.2) is 4.98 Å². The molecular formula is C27H31N3O3S. The Balaban J connectivity index is 1.35. The van der Waals surface area contributed by atoms with E-state index in [-0.39, 0.29) is 6.42 Å². The van der Waals surface area contributed by atoms with Crippen molar-refractivity contribution in [1.29, 1.82) is 0 Å². The molecular weight excluding hydrogens is 446 g/mol. The molecule has 0 saturated carbocycles. The average Bonchev–Trinajstić information content (AvgIpc) is 3.37. The van der Waals surface area contributed by atoms with E-state index in [4.69, 9.17) is 4.74 Å². The van der Waals surface area contributed by atoms with Crippen LogP contribution in [0.2, 0.25) is 0 Å². The van der Waals surface area contributed by atoms with E-state index < -0.39 is 5.97 Å². The highest BCUT2D eigenvalue weighted by Crippen LogP contribution is 2.32. The van der Waals surface area contributed by atoms with Crippen LogP contribution >= 0.6 is 11.3 Å². The first-order valence-corrected chi connectivity index (χ1v) is 12.7. The highest BCUT2D eigenvalue weighted by atomic mass is 32.1. The Kier molecular flexibility index (Phi) is 8.51. The van der Waals surface area contributed by atoms with Crippen LogP contribution in [-0.2, 0) is 11.2 Å². The van der Waals surface area contributed by atoms with E-state index >= 15 is 0 Å². The summed E-state index contributed by atoms with van der Waals surface area (Å²) in [5.41, 5.74) is 2.28. The molecule has 1 saturated heterocycles. The van der Waals surface area contributed by atoms with Gasteiger partial charge < -0.3 is 9.84 Å². The average molecular weight is 478 g/mol. The highest BCUT2D eigenvalue weighted by molar-refractivity contribution is 7.10. The van der Waals surface area contributed by atoms with Crippen LogP contribution in [0.1, 0.15) is 42.7 Å². The number of carbonyl (C=O) groups is 1. The van der Waals surface area contributed by atoms with E-state index in [1.54, 1.807) is 24.6 Å². The van der Waals surface area contributed by atoms with Crippen LogP contribution in [0.4, 0.5) is 0 Å². The predicted molar refractivity (Wildman–Crippen MR) is 135 cm³/mol. The minimum Gasteiger partial charge on any atom is -0.497 e. The number of carboxylic acid groups (broad SMARTS) is 1. The Morgan fingerprint density at radius 2 is 2.15 bits per heavy atom. The lowest BCUT2D eigenvalue weighted by Gasteiger charge is -2.38. The van der Waals surface area contributed by atoms with Gasteiger partial charge >= 0.3 is 5.97 Å². The molecule has 0 amide bonds. The molecule has 0 bridgehead atoms. The number of piperidine rings is 1. The van der Waals surface area contributed by atoms with Crippen molar-refractivity contribution in [2.75, 3.05) is 26.7 Å². The number of likely N-dealkylation sites (tertiary alicyclic amines) is 1. The van der Waals surface area contributed by atoms with Crippen LogP contribution in [0.5, 0.6) is 5.75 Å². The van der Waals surface area contributed by atoms with E-state index in [0.29, 0.717) is 18.4 Å². The van der Waals surface area contributed by atoms with Gasteiger partial charge in [0.15, 0.2) is 5.01 Å². The normalized spacial score (nSPS) is 18.4. The molecule has 0 aliphatic carbocycles. The Bertz CT molecular complexity index is 1150. The molecule has 3 heterocycles. The molecule has 34 heavy (non-hydrogen) atoms. The minimum atomic E-state index is -0.711. The summed E-state index contributed by atoms with van der Waals surface area (Å²) in [6, 6.07) is 8.12. The largest absolute Gasteiger partial charge is 0.497 e. The number of carboxylic acids is 1. The molecule has 2 atom stereocenters. The molecule has 1 aliphatic heterocycles. The second-order valence-corrected chi connectivity index (χ2v) is 9.76. The maximum absolute atomic E-state index is 11.3. The molecule has 1 fully saturated rings. The first-order chi connectivity index (χ1) is 16.6. The summed E-state index contributed by atoms with van der Waals surface area (Å²) in [5, 5.41) is 13.2. The molecule has 0 radical (unpaired) electrons. The predicted octanol–water partition coefficient (Wildman–Crippen LogP) is 4.88. The third-order valence-corrected chi connectivity index (χ3v) is 7.38. The van der Waals surface area contributed by atoms with Gasteiger partial charge in [-0.1, -0.05) is 5.92 Å².